The van der Waals surface area contributed by atoms with Crippen molar-refractivity contribution in [1.29, 1.82) is 0 Å². The largest absolute Gasteiger partial charge is 0.360 e. The van der Waals surface area contributed by atoms with E-state index in [9.17, 15) is 14.9 Å². The number of rotatable bonds is 5. The molecule has 4 rings (SSSR count). The first-order valence-electron chi connectivity index (χ1n) is 9.70. The van der Waals surface area contributed by atoms with Crippen molar-refractivity contribution in [2.45, 2.75) is 19.9 Å². The van der Waals surface area contributed by atoms with E-state index in [1.165, 1.54) is 12.1 Å². The summed E-state index contributed by atoms with van der Waals surface area (Å²) >= 11 is 5.62. The van der Waals surface area contributed by atoms with E-state index in [-0.39, 0.29) is 11.5 Å². The Labute approximate surface area is 188 Å². The Hall–Kier alpha value is -4.05. The number of amides is 1. The molecule has 1 aliphatic rings. The number of hydrogen-bond acceptors (Lipinski definition) is 6. The van der Waals surface area contributed by atoms with Gasteiger partial charge in [0.2, 0.25) is 0 Å². The number of aryl methyl sites for hydroxylation is 1. The second-order valence-electron chi connectivity index (χ2n) is 7.18. The minimum atomic E-state index is -0.615. The Morgan fingerprint density at radius 1 is 1.19 bits per heavy atom. The van der Waals surface area contributed by atoms with Crippen LogP contribution in [0.1, 0.15) is 24.3 Å². The highest BCUT2D eigenvalue weighted by Crippen LogP contribution is 2.34. The third-order valence-corrected chi connectivity index (χ3v) is 5.35. The fourth-order valence-corrected chi connectivity index (χ4v) is 3.93. The van der Waals surface area contributed by atoms with Crippen molar-refractivity contribution in [1.82, 2.24) is 10.5 Å². The van der Waals surface area contributed by atoms with E-state index in [0.717, 1.165) is 5.69 Å². The van der Waals surface area contributed by atoms with Crippen LogP contribution in [0.3, 0.4) is 0 Å². The van der Waals surface area contributed by atoms with Gasteiger partial charge in [0.05, 0.1) is 16.5 Å². The molecular formula is C22H19N5O4S. The van der Waals surface area contributed by atoms with Crippen molar-refractivity contribution in [3.63, 3.8) is 0 Å². The summed E-state index contributed by atoms with van der Waals surface area (Å²) < 4.78 is 5.04. The van der Waals surface area contributed by atoms with E-state index >= 15 is 0 Å². The molecule has 0 saturated carbocycles. The van der Waals surface area contributed by atoms with Crippen molar-refractivity contribution in [2.24, 2.45) is 0 Å². The van der Waals surface area contributed by atoms with Gasteiger partial charge in [0, 0.05) is 29.6 Å². The number of non-ortho nitro benzene ring substituents is 1. The van der Waals surface area contributed by atoms with Crippen LogP contribution in [-0.2, 0) is 4.79 Å². The van der Waals surface area contributed by atoms with Crippen LogP contribution in [0.2, 0.25) is 0 Å². The minimum Gasteiger partial charge on any atom is -0.360 e. The van der Waals surface area contributed by atoms with Gasteiger partial charge in [-0.15, -0.1) is 0 Å². The van der Waals surface area contributed by atoms with Crippen LogP contribution < -0.4 is 15.5 Å². The molecule has 1 aliphatic heterocycles. The quantitative estimate of drug-likeness (QED) is 0.338. The lowest BCUT2D eigenvalue weighted by atomic mass is 9.94. The van der Waals surface area contributed by atoms with Gasteiger partial charge in [-0.2, -0.15) is 0 Å². The second-order valence-corrected chi connectivity index (χ2v) is 7.56. The summed E-state index contributed by atoms with van der Waals surface area (Å²) in [7, 11) is 0. The van der Waals surface area contributed by atoms with Gasteiger partial charge in [-0.25, -0.2) is 0 Å². The average molecular weight is 449 g/mol. The number of thiocarbonyl (C=S) groups is 1. The fraction of sp³-hybridized carbons (Fsp3) is 0.136. The standard InChI is InChI=1S/C22H19N5O4S/c1-13-12-18(25-31-13)23-21(28)19-14(2)26(16-6-4-3-5-7-16)22(32)24-20(19)15-8-10-17(11-9-15)27(29)30/h3-12,20H,1-2H3,(H,24,32)(H,23,25,28). The molecule has 1 unspecified atom stereocenters. The molecule has 162 valence electrons. The van der Waals surface area contributed by atoms with Gasteiger partial charge in [0.25, 0.3) is 11.6 Å². The van der Waals surface area contributed by atoms with E-state index in [4.69, 9.17) is 16.7 Å². The molecule has 0 aliphatic carbocycles. The van der Waals surface area contributed by atoms with E-state index in [1.807, 2.05) is 37.3 Å². The lowest BCUT2D eigenvalue weighted by Gasteiger charge is -2.37. The number of hydrogen-bond donors (Lipinski definition) is 2. The van der Waals surface area contributed by atoms with Gasteiger partial charge in [-0.1, -0.05) is 23.4 Å². The molecule has 0 spiro atoms. The third-order valence-electron chi connectivity index (χ3n) is 5.05. The van der Waals surface area contributed by atoms with Crippen molar-refractivity contribution in [3.8, 4) is 0 Å². The zero-order chi connectivity index (χ0) is 22.8. The minimum absolute atomic E-state index is 0.0391. The normalized spacial score (nSPS) is 16.0. The number of carbonyl (C=O) groups excluding carboxylic acids is 1. The number of nitro benzene ring substituents is 1. The summed E-state index contributed by atoms with van der Waals surface area (Å²) in [4.78, 5) is 25.7. The lowest BCUT2D eigenvalue weighted by molar-refractivity contribution is -0.384. The molecule has 3 aromatic rings. The topological polar surface area (TPSA) is 114 Å². The molecule has 1 atom stereocenters. The lowest BCUT2D eigenvalue weighted by Crippen LogP contribution is -2.48. The van der Waals surface area contributed by atoms with Gasteiger partial charge in [-0.3, -0.25) is 19.8 Å². The number of anilines is 2. The zero-order valence-electron chi connectivity index (χ0n) is 17.2. The molecule has 0 saturated heterocycles. The van der Waals surface area contributed by atoms with Crippen LogP contribution in [-0.4, -0.2) is 21.1 Å². The van der Waals surface area contributed by atoms with Gasteiger partial charge in [-0.05, 0) is 55.9 Å². The molecule has 10 heteroatoms. The third kappa shape index (κ3) is 4.08. The summed E-state index contributed by atoms with van der Waals surface area (Å²) in [6, 6.07) is 16.4. The van der Waals surface area contributed by atoms with Crippen LogP contribution in [0.25, 0.3) is 0 Å². The van der Waals surface area contributed by atoms with Crippen LogP contribution in [0, 0.1) is 17.0 Å². The number of allylic oxidation sites excluding steroid dienone is 1. The number of nitrogens with zero attached hydrogens (tertiary/aromatic N) is 3. The van der Waals surface area contributed by atoms with Gasteiger partial charge < -0.3 is 15.2 Å². The monoisotopic (exact) mass is 449 g/mol. The van der Waals surface area contributed by atoms with Crippen molar-refractivity contribution in [2.75, 3.05) is 10.2 Å². The molecule has 0 bridgehead atoms. The Morgan fingerprint density at radius 3 is 2.47 bits per heavy atom. The molecule has 0 radical (unpaired) electrons. The Balaban J connectivity index is 1.79. The SMILES string of the molecule is CC1=C(C(=O)Nc2cc(C)on2)C(c2ccc([N+](=O)[O-])cc2)NC(=S)N1c1ccccc1. The second kappa shape index (κ2) is 8.60. The number of aromatic nitrogens is 1. The molecule has 32 heavy (non-hydrogen) atoms. The number of nitrogens with one attached hydrogen (secondary N) is 2. The van der Waals surface area contributed by atoms with Crippen molar-refractivity contribution in [3.05, 3.63) is 93.4 Å². The predicted molar refractivity (Wildman–Crippen MR) is 123 cm³/mol. The highest BCUT2D eigenvalue weighted by atomic mass is 32.1. The first kappa shape index (κ1) is 21.2. The number of para-hydroxylation sites is 1. The zero-order valence-corrected chi connectivity index (χ0v) is 18.1. The van der Waals surface area contributed by atoms with Crippen LogP contribution in [0.15, 0.2) is 76.5 Å². The van der Waals surface area contributed by atoms with Crippen molar-refractivity contribution >= 4 is 40.4 Å². The molecule has 0 fully saturated rings. The average Bonchev–Trinajstić information content (AvgIpc) is 3.18. The molecule has 1 aromatic heterocycles. The number of carbonyl (C=O) groups is 1. The molecule has 2 N–H and O–H groups in total. The van der Waals surface area contributed by atoms with E-state index in [1.54, 1.807) is 30.0 Å². The molecule has 9 nitrogen and oxygen atoms in total. The van der Waals surface area contributed by atoms with Gasteiger partial charge in [0.15, 0.2) is 10.9 Å². The fourth-order valence-electron chi connectivity index (χ4n) is 3.57. The van der Waals surface area contributed by atoms with Crippen LogP contribution in [0.5, 0.6) is 0 Å². The summed E-state index contributed by atoms with van der Waals surface area (Å²) in [5, 5.41) is 21.3. The Morgan fingerprint density at radius 2 is 1.88 bits per heavy atom. The maximum absolute atomic E-state index is 13.4. The summed E-state index contributed by atoms with van der Waals surface area (Å²) in [6.45, 7) is 3.53. The van der Waals surface area contributed by atoms with E-state index in [0.29, 0.717) is 27.7 Å². The Bertz CT molecular complexity index is 1220. The molecular weight excluding hydrogens is 430 g/mol. The smallest absolute Gasteiger partial charge is 0.269 e. The molecule has 2 aromatic carbocycles. The Kier molecular flexibility index (Phi) is 5.69. The van der Waals surface area contributed by atoms with Crippen LogP contribution in [0.4, 0.5) is 17.2 Å². The van der Waals surface area contributed by atoms with Gasteiger partial charge >= 0.3 is 0 Å². The van der Waals surface area contributed by atoms with Gasteiger partial charge in [0.1, 0.15) is 5.76 Å². The van der Waals surface area contributed by atoms with E-state index in [2.05, 4.69) is 15.8 Å². The first-order chi connectivity index (χ1) is 15.3. The first-order valence-corrected chi connectivity index (χ1v) is 10.1. The highest BCUT2D eigenvalue weighted by Gasteiger charge is 2.35. The predicted octanol–water partition coefficient (Wildman–Crippen LogP) is 4.24. The molecule has 1 amide bonds. The maximum atomic E-state index is 13.4. The van der Waals surface area contributed by atoms with E-state index < -0.39 is 16.9 Å². The molecule has 2 heterocycles. The number of benzene rings is 2. The summed E-state index contributed by atoms with van der Waals surface area (Å²) in [5.41, 5.74) is 2.44. The maximum Gasteiger partial charge on any atom is 0.269 e. The van der Waals surface area contributed by atoms with Crippen LogP contribution >= 0.6 is 12.2 Å². The summed E-state index contributed by atoms with van der Waals surface area (Å²) in [6.07, 6.45) is 0. The highest BCUT2D eigenvalue weighted by molar-refractivity contribution is 7.80. The number of nitro groups is 1. The summed E-state index contributed by atoms with van der Waals surface area (Å²) in [5.74, 6) is 0.455. The van der Waals surface area contributed by atoms with Crippen molar-refractivity contribution < 1.29 is 14.2 Å².